The summed E-state index contributed by atoms with van der Waals surface area (Å²) in [6.45, 7) is -0.615. The molecule has 1 aliphatic heterocycles. The lowest BCUT2D eigenvalue weighted by molar-refractivity contribution is -0.399. The van der Waals surface area contributed by atoms with Crippen LogP contribution in [0.4, 0.5) is 76.3 Å². The average molecular weight is 688 g/mol. The number of halogens is 15. The van der Waals surface area contributed by atoms with Crippen LogP contribution in [0.3, 0.4) is 0 Å². The molecule has 1 spiro atoms. The van der Waals surface area contributed by atoms with Gasteiger partial charge in [-0.15, -0.1) is 0 Å². The van der Waals surface area contributed by atoms with E-state index in [0.717, 1.165) is 24.3 Å². The zero-order chi connectivity index (χ0) is 34.8. The standard InChI is InChI=1S/C28H23F15N2O/c29-23(30,26(37,38)27(39,40)28(41,42)43)14-22(16-6-2-1-3-7-16)13-21(8-4-5-9-21)15-45(22)20(46)44-19-11-17(24(31,32)33)10-18(12-19)25(34,35)36/h1-3,6-7,10-12H,4-5,8-9,13-15H2,(H,44,46)/t22-/m1/s1. The molecule has 1 N–H and O–H groups in total. The fourth-order valence-electron chi connectivity index (χ4n) is 6.35. The zero-order valence-corrected chi connectivity index (χ0v) is 23.1. The normalized spacial score (nSPS) is 21.2. The van der Waals surface area contributed by atoms with Gasteiger partial charge in [0.2, 0.25) is 0 Å². The van der Waals surface area contributed by atoms with Gasteiger partial charge in [-0.3, -0.25) is 0 Å². The Kier molecular flexibility index (Phi) is 8.59. The summed E-state index contributed by atoms with van der Waals surface area (Å²) >= 11 is 0. The number of rotatable bonds is 6. The molecule has 2 fully saturated rings. The van der Waals surface area contributed by atoms with Crippen LogP contribution in [-0.4, -0.2) is 41.4 Å². The number of alkyl halides is 15. The third kappa shape index (κ3) is 6.19. The second kappa shape index (κ2) is 11.1. The van der Waals surface area contributed by atoms with Crippen LogP contribution < -0.4 is 5.32 Å². The maximum Gasteiger partial charge on any atom is 0.460 e. The minimum Gasteiger partial charge on any atom is -0.314 e. The van der Waals surface area contributed by atoms with E-state index in [2.05, 4.69) is 0 Å². The molecule has 1 saturated heterocycles. The number of benzene rings is 2. The Morgan fingerprint density at radius 1 is 0.717 bits per heavy atom. The molecule has 1 saturated carbocycles. The van der Waals surface area contributed by atoms with Crippen LogP contribution in [-0.2, 0) is 17.9 Å². The number of hydrogen-bond acceptors (Lipinski definition) is 1. The van der Waals surface area contributed by atoms with E-state index in [1.54, 1.807) is 5.32 Å². The fraction of sp³-hybridized carbons (Fsp3) is 0.536. The van der Waals surface area contributed by atoms with Gasteiger partial charge in [0.25, 0.3) is 0 Å². The van der Waals surface area contributed by atoms with Crippen molar-refractivity contribution < 1.29 is 70.7 Å². The van der Waals surface area contributed by atoms with Crippen LogP contribution in [0.2, 0.25) is 0 Å². The van der Waals surface area contributed by atoms with Crippen LogP contribution in [0.1, 0.15) is 55.2 Å². The number of nitrogens with one attached hydrogen (secondary N) is 1. The molecule has 4 rings (SSSR count). The molecular weight excluding hydrogens is 665 g/mol. The van der Waals surface area contributed by atoms with Gasteiger partial charge >= 0.3 is 42.3 Å². The van der Waals surface area contributed by atoms with Crippen LogP contribution in [0.5, 0.6) is 0 Å². The Morgan fingerprint density at radius 3 is 1.67 bits per heavy atom. The smallest absolute Gasteiger partial charge is 0.314 e. The van der Waals surface area contributed by atoms with Gasteiger partial charge in [0.05, 0.1) is 16.7 Å². The Hall–Kier alpha value is -3.34. The lowest BCUT2D eigenvalue weighted by Crippen LogP contribution is -2.63. The van der Waals surface area contributed by atoms with Crippen LogP contribution in [0.15, 0.2) is 48.5 Å². The van der Waals surface area contributed by atoms with Gasteiger partial charge in [0.1, 0.15) is 0 Å². The van der Waals surface area contributed by atoms with Gasteiger partial charge in [0, 0.05) is 18.7 Å². The number of carbonyl (C=O) groups excluding carboxylic acids is 1. The van der Waals surface area contributed by atoms with Crippen molar-refractivity contribution in [1.29, 1.82) is 0 Å². The van der Waals surface area contributed by atoms with E-state index in [0.29, 0.717) is 17.7 Å². The van der Waals surface area contributed by atoms with E-state index in [-0.39, 0.29) is 31.0 Å². The van der Waals surface area contributed by atoms with Crippen molar-refractivity contribution in [2.45, 2.75) is 80.4 Å². The summed E-state index contributed by atoms with van der Waals surface area (Å²) in [7, 11) is 0. The van der Waals surface area contributed by atoms with E-state index in [4.69, 9.17) is 0 Å². The van der Waals surface area contributed by atoms with Crippen molar-refractivity contribution in [2.75, 3.05) is 11.9 Å². The van der Waals surface area contributed by atoms with Gasteiger partial charge < -0.3 is 10.2 Å². The molecule has 0 aromatic heterocycles. The first-order chi connectivity index (χ1) is 20.8. The van der Waals surface area contributed by atoms with Gasteiger partial charge in [-0.05, 0) is 48.4 Å². The molecule has 3 nitrogen and oxygen atoms in total. The molecule has 1 atom stereocenters. The first-order valence-electron chi connectivity index (χ1n) is 13.4. The summed E-state index contributed by atoms with van der Waals surface area (Å²) in [5.74, 6) is -20.5. The summed E-state index contributed by atoms with van der Waals surface area (Å²) in [6.07, 6.45) is -19.9. The van der Waals surface area contributed by atoms with Crippen molar-refractivity contribution in [2.24, 2.45) is 5.41 Å². The molecule has 256 valence electrons. The van der Waals surface area contributed by atoms with Crippen molar-refractivity contribution in [3.8, 4) is 0 Å². The van der Waals surface area contributed by atoms with E-state index in [1.165, 1.54) is 6.07 Å². The number of nitrogens with zero attached hydrogens (tertiary/aromatic N) is 1. The topological polar surface area (TPSA) is 32.3 Å². The summed E-state index contributed by atoms with van der Waals surface area (Å²) in [5.41, 5.74) is -9.27. The summed E-state index contributed by atoms with van der Waals surface area (Å²) in [4.78, 5) is 14.0. The molecule has 0 bridgehead atoms. The Bertz CT molecular complexity index is 1390. The molecule has 2 aromatic carbocycles. The second-order valence-corrected chi connectivity index (χ2v) is 11.6. The summed E-state index contributed by atoms with van der Waals surface area (Å²) in [5, 5.41) is 1.75. The highest BCUT2D eigenvalue weighted by Gasteiger charge is 2.82. The number of amides is 2. The van der Waals surface area contributed by atoms with E-state index >= 15 is 8.78 Å². The highest BCUT2D eigenvalue weighted by atomic mass is 19.4. The van der Waals surface area contributed by atoms with Crippen molar-refractivity contribution in [3.05, 3.63) is 65.2 Å². The van der Waals surface area contributed by atoms with Crippen LogP contribution in [0, 0.1) is 5.41 Å². The third-order valence-electron chi connectivity index (χ3n) is 8.46. The second-order valence-electron chi connectivity index (χ2n) is 11.6. The quantitative estimate of drug-likeness (QED) is 0.301. The minimum atomic E-state index is -7.25. The molecule has 18 heteroatoms. The molecule has 2 amide bonds. The van der Waals surface area contributed by atoms with E-state index in [1.807, 2.05) is 0 Å². The lowest BCUT2D eigenvalue weighted by atomic mass is 9.73. The first-order valence-corrected chi connectivity index (χ1v) is 13.4. The van der Waals surface area contributed by atoms with Gasteiger partial charge in [-0.1, -0.05) is 43.2 Å². The predicted octanol–water partition coefficient (Wildman–Crippen LogP) is 10.3. The molecule has 2 aliphatic rings. The average Bonchev–Trinajstić information content (AvgIpc) is 3.51. The van der Waals surface area contributed by atoms with Crippen LogP contribution in [0.25, 0.3) is 0 Å². The largest absolute Gasteiger partial charge is 0.460 e. The Balaban J connectivity index is 1.87. The lowest BCUT2D eigenvalue weighted by Gasteiger charge is -2.43. The highest BCUT2D eigenvalue weighted by Crippen LogP contribution is 2.62. The maximum absolute atomic E-state index is 15.4. The first kappa shape index (κ1) is 35.5. The number of hydrogen-bond donors (Lipinski definition) is 1. The number of carbonyl (C=O) groups is 1. The van der Waals surface area contributed by atoms with E-state index in [9.17, 15) is 61.9 Å². The third-order valence-corrected chi connectivity index (χ3v) is 8.46. The summed E-state index contributed by atoms with van der Waals surface area (Å²) < 4.78 is 207. The van der Waals surface area contributed by atoms with Gasteiger partial charge in [-0.2, -0.15) is 65.9 Å². The van der Waals surface area contributed by atoms with Crippen molar-refractivity contribution in [1.82, 2.24) is 4.90 Å². The maximum atomic E-state index is 15.4. The Labute approximate surface area is 250 Å². The highest BCUT2D eigenvalue weighted by molar-refractivity contribution is 5.90. The monoisotopic (exact) mass is 688 g/mol. The molecule has 0 unspecified atom stereocenters. The molecule has 46 heavy (non-hydrogen) atoms. The number of urea groups is 1. The number of likely N-dealkylation sites (tertiary alicyclic amines) is 1. The van der Waals surface area contributed by atoms with Gasteiger partial charge in [0.15, 0.2) is 0 Å². The van der Waals surface area contributed by atoms with Crippen molar-refractivity contribution in [3.63, 3.8) is 0 Å². The summed E-state index contributed by atoms with van der Waals surface area (Å²) in [6, 6.07) is 3.88. The van der Waals surface area contributed by atoms with E-state index < -0.39 is 95.0 Å². The molecule has 0 radical (unpaired) electrons. The zero-order valence-electron chi connectivity index (χ0n) is 23.1. The van der Waals surface area contributed by atoms with Crippen molar-refractivity contribution >= 4 is 11.7 Å². The predicted molar refractivity (Wildman–Crippen MR) is 131 cm³/mol. The molecule has 2 aromatic rings. The Morgan fingerprint density at radius 2 is 1.22 bits per heavy atom. The molecular formula is C28H23F15N2O. The minimum absolute atomic E-state index is 0.0887. The SMILES string of the molecule is O=C(Nc1cc(C(F)(F)F)cc(C(F)(F)F)c1)N1CC2(CCCC2)C[C@@]1(CC(F)(F)C(F)(F)C(F)(F)C(F)(F)F)c1ccccc1. The molecule has 1 aliphatic carbocycles. The van der Waals surface area contributed by atoms with Crippen LogP contribution >= 0.6 is 0 Å². The molecule has 1 heterocycles. The van der Waals surface area contributed by atoms with Gasteiger partial charge in [-0.25, -0.2) is 4.79 Å². The fourth-order valence-corrected chi connectivity index (χ4v) is 6.35. The number of anilines is 1.